The van der Waals surface area contributed by atoms with Crippen LogP contribution in [-0.2, 0) is 4.74 Å². The summed E-state index contributed by atoms with van der Waals surface area (Å²) in [6, 6.07) is 8.77. The molecule has 19 heavy (non-hydrogen) atoms. The third-order valence-electron chi connectivity index (χ3n) is 3.53. The molecule has 0 N–H and O–H groups in total. The lowest BCUT2D eigenvalue weighted by Gasteiger charge is -2.36. The zero-order valence-corrected chi connectivity index (χ0v) is 12.6. The van der Waals surface area contributed by atoms with Gasteiger partial charge in [-0.05, 0) is 24.6 Å². The van der Waals surface area contributed by atoms with E-state index in [2.05, 4.69) is 53.6 Å². The SMILES string of the molecule is Cc1cccc(N2CCN(CCOCCS)CC2)c1. The summed E-state index contributed by atoms with van der Waals surface area (Å²) in [5.41, 5.74) is 2.69. The third-order valence-corrected chi connectivity index (χ3v) is 3.71. The summed E-state index contributed by atoms with van der Waals surface area (Å²) in [6.07, 6.45) is 0. The largest absolute Gasteiger partial charge is 0.379 e. The molecule has 1 aliphatic heterocycles. The molecule has 2 rings (SSSR count). The molecule has 1 aromatic rings. The van der Waals surface area contributed by atoms with Crippen LogP contribution >= 0.6 is 12.6 Å². The van der Waals surface area contributed by atoms with E-state index < -0.39 is 0 Å². The van der Waals surface area contributed by atoms with E-state index in [0.717, 1.165) is 51.7 Å². The van der Waals surface area contributed by atoms with E-state index in [4.69, 9.17) is 4.74 Å². The molecule has 0 unspecified atom stereocenters. The number of rotatable bonds is 6. The predicted octanol–water partition coefficient (Wildman–Crippen LogP) is 2.06. The Kier molecular flexibility index (Phi) is 6.01. The normalized spacial score (nSPS) is 16.8. The van der Waals surface area contributed by atoms with Crippen LogP contribution in [0.1, 0.15) is 5.56 Å². The van der Waals surface area contributed by atoms with E-state index in [1.165, 1.54) is 11.3 Å². The number of nitrogens with zero attached hydrogens (tertiary/aromatic N) is 2. The van der Waals surface area contributed by atoms with Gasteiger partial charge in [0.2, 0.25) is 0 Å². The third kappa shape index (κ3) is 4.71. The first-order valence-electron chi connectivity index (χ1n) is 7.02. The Morgan fingerprint density at radius 1 is 1.16 bits per heavy atom. The van der Waals surface area contributed by atoms with E-state index >= 15 is 0 Å². The van der Waals surface area contributed by atoms with Gasteiger partial charge in [-0.1, -0.05) is 12.1 Å². The fourth-order valence-corrected chi connectivity index (χ4v) is 2.54. The quantitative estimate of drug-likeness (QED) is 0.634. The summed E-state index contributed by atoms with van der Waals surface area (Å²) < 4.78 is 5.48. The molecule has 0 bridgehead atoms. The van der Waals surface area contributed by atoms with Crippen molar-refractivity contribution in [1.82, 2.24) is 4.90 Å². The second-order valence-electron chi connectivity index (χ2n) is 5.00. The van der Waals surface area contributed by atoms with Crippen LogP contribution in [0.5, 0.6) is 0 Å². The van der Waals surface area contributed by atoms with Gasteiger partial charge in [-0.15, -0.1) is 0 Å². The minimum absolute atomic E-state index is 0.756. The highest BCUT2D eigenvalue weighted by atomic mass is 32.1. The molecule has 0 amide bonds. The zero-order chi connectivity index (χ0) is 13.5. The van der Waals surface area contributed by atoms with Crippen molar-refractivity contribution in [2.75, 3.05) is 56.6 Å². The summed E-state index contributed by atoms with van der Waals surface area (Å²) in [6.45, 7) is 9.23. The topological polar surface area (TPSA) is 15.7 Å². The summed E-state index contributed by atoms with van der Waals surface area (Å²) in [7, 11) is 0. The average molecular weight is 280 g/mol. The Bertz CT molecular complexity index is 378. The van der Waals surface area contributed by atoms with Gasteiger partial charge >= 0.3 is 0 Å². The fourth-order valence-electron chi connectivity index (χ4n) is 2.41. The molecule has 0 saturated carbocycles. The number of hydrogen-bond acceptors (Lipinski definition) is 4. The molecule has 1 aliphatic rings. The van der Waals surface area contributed by atoms with Crippen molar-refractivity contribution in [1.29, 1.82) is 0 Å². The zero-order valence-electron chi connectivity index (χ0n) is 11.7. The van der Waals surface area contributed by atoms with E-state index in [0.29, 0.717) is 0 Å². The van der Waals surface area contributed by atoms with Crippen molar-refractivity contribution < 1.29 is 4.74 Å². The number of aryl methyl sites for hydroxylation is 1. The van der Waals surface area contributed by atoms with Crippen LogP contribution < -0.4 is 4.90 Å². The minimum Gasteiger partial charge on any atom is -0.379 e. The van der Waals surface area contributed by atoms with Gasteiger partial charge in [0, 0.05) is 44.2 Å². The van der Waals surface area contributed by atoms with Gasteiger partial charge in [0.25, 0.3) is 0 Å². The van der Waals surface area contributed by atoms with Crippen LogP contribution in [0.4, 0.5) is 5.69 Å². The Morgan fingerprint density at radius 2 is 1.95 bits per heavy atom. The van der Waals surface area contributed by atoms with Crippen molar-refractivity contribution in [3.8, 4) is 0 Å². The Labute approximate surface area is 121 Å². The molecule has 4 heteroatoms. The molecular weight excluding hydrogens is 256 g/mol. The molecule has 1 fully saturated rings. The highest BCUT2D eigenvalue weighted by Gasteiger charge is 2.16. The van der Waals surface area contributed by atoms with Crippen molar-refractivity contribution in [2.24, 2.45) is 0 Å². The number of ether oxygens (including phenoxy) is 1. The highest BCUT2D eigenvalue weighted by Crippen LogP contribution is 2.17. The number of benzene rings is 1. The van der Waals surface area contributed by atoms with Gasteiger partial charge in [-0.25, -0.2) is 0 Å². The Morgan fingerprint density at radius 3 is 2.63 bits per heavy atom. The van der Waals surface area contributed by atoms with Crippen molar-refractivity contribution in [3.63, 3.8) is 0 Å². The lowest BCUT2D eigenvalue weighted by molar-refractivity contribution is 0.113. The van der Waals surface area contributed by atoms with Crippen LogP contribution in [0.2, 0.25) is 0 Å². The molecule has 0 atom stereocenters. The molecule has 1 aromatic carbocycles. The molecule has 106 valence electrons. The maximum Gasteiger partial charge on any atom is 0.0593 e. The van der Waals surface area contributed by atoms with Gasteiger partial charge in [0.1, 0.15) is 0 Å². The number of anilines is 1. The van der Waals surface area contributed by atoms with Crippen molar-refractivity contribution in [2.45, 2.75) is 6.92 Å². The molecule has 1 heterocycles. The second kappa shape index (κ2) is 7.78. The van der Waals surface area contributed by atoms with Gasteiger partial charge in [-0.3, -0.25) is 4.90 Å². The monoisotopic (exact) mass is 280 g/mol. The lowest BCUT2D eigenvalue weighted by atomic mass is 10.2. The first kappa shape index (κ1) is 14.7. The first-order valence-corrected chi connectivity index (χ1v) is 7.65. The van der Waals surface area contributed by atoms with Crippen LogP contribution in [0.15, 0.2) is 24.3 Å². The molecule has 3 nitrogen and oxygen atoms in total. The van der Waals surface area contributed by atoms with Crippen LogP contribution in [-0.4, -0.2) is 56.6 Å². The fraction of sp³-hybridized carbons (Fsp3) is 0.600. The summed E-state index contributed by atoms with van der Waals surface area (Å²) in [4.78, 5) is 4.95. The van der Waals surface area contributed by atoms with E-state index in [1.807, 2.05) is 0 Å². The summed E-state index contributed by atoms with van der Waals surface area (Å²) >= 11 is 4.14. The van der Waals surface area contributed by atoms with Crippen molar-refractivity contribution in [3.05, 3.63) is 29.8 Å². The molecule has 1 saturated heterocycles. The lowest BCUT2D eigenvalue weighted by Crippen LogP contribution is -2.47. The molecule has 0 aliphatic carbocycles. The van der Waals surface area contributed by atoms with Gasteiger partial charge in [0.05, 0.1) is 13.2 Å². The van der Waals surface area contributed by atoms with Gasteiger partial charge in [-0.2, -0.15) is 12.6 Å². The van der Waals surface area contributed by atoms with E-state index in [1.54, 1.807) is 0 Å². The maximum absolute atomic E-state index is 5.48. The van der Waals surface area contributed by atoms with Crippen LogP contribution in [0, 0.1) is 6.92 Å². The highest BCUT2D eigenvalue weighted by molar-refractivity contribution is 7.80. The van der Waals surface area contributed by atoms with Gasteiger partial charge < -0.3 is 9.64 Å². The summed E-state index contributed by atoms with van der Waals surface area (Å²) in [5.74, 6) is 0.807. The van der Waals surface area contributed by atoms with Gasteiger partial charge in [0.15, 0.2) is 0 Å². The summed E-state index contributed by atoms with van der Waals surface area (Å²) in [5, 5.41) is 0. The second-order valence-corrected chi connectivity index (χ2v) is 5.45. The predicted molar refractivity (Wildman–Crippen MR) is 84.5 cm³/mol. The molecular formula is C15H24N2OS. The Balaban J connectivity index is 1.73. The van der Waals surface area contributed by atoms with E-state index in [-0.39, 0.29) is 0 Å². The minimum atomic E-state index is 0.756. The van der Waals surface area contributed by atoms with E-state index in [9.17, 15) is 0 Å². The number of thiol groups is 1. The Hall–Kier alpha value is -0.710. The first-order chi connectivity index (χ1) is 9.29. The number of hydrogen-bond donors (Lipinski definition) is 1. The van der Waals surface area contributed by atoms with Crippen LogP contribution in [0.3, 0.4) is 0 Å². The standard InChI is InChI=1S/C15H24N2OS/c1-14-3-2-4-15(13-14)17-7-5-16(6-8-17)9-10-18-11-12-19/h2-4,13,19H,5-12H2,1H3. The molecule has 0 radical (unpaired) electrons. The number of piperazine rings is 1. The smallest absolute Gasteiger partial charge is 0.0593 e. The molecule has 0 aromatic heterocycles. The van der Waals surface area contributed by atoms with Crippen molar-refractivity contribution >= 4 is 18.3 Å². The van der Waals surface area contributed by atoms with Crippen LogP contribution in [0.25, 0.3) is 0 Å². The maximum atomic E-state index is 5.48. The molecule has 0 spiro atoms. The average Bonchev–Trinajstić information content (AvgIpc) is 2.44.